The molecule has 1 fully saturated rings. The van der Waals surface area contributed by atoms with E-state index in [9.17, 15) is 9.90 Å². The second-order valence-electron chi connectivity index (χ2n) is 3.02. The zero-order chi connectivity index (χ0) is 8.43. The second-order valence-corrected chi connectivity index (χ2v) is 3.02. The lowest BCUT2D eigenvalue weighted by Crippen LogP contribution is -2.47. The molecule has 0 saturated heterocycles. The first-order chi connectivity index (χ1) is 5.13. The molecular weight excluding hydrogens is 182 g/mol. The van der Waals surface area contributed by atoms with Gasteiger partial charge in [0.05, 0.1) is 12.0 Å². The maximum atomic E-state index is 10.5. The number of rotatable bonds is 1. The number of carbonyl (C=O) groups is 1. The highest BCUT2D eigenvalue weighted by Gasteiger charge is 2.33. The van der Waals surface area contributed by atoms with Gasteiger partial charge in [-0.15, -0.1) is 12.4 Å². The number of halogens is 1. The van der Waals surface area contributed by atoms with E-state index in [1.807, 2.05) is 0 Å². The molecule has 1 saturated carbocycles. The van der Waals surface area contributed by atoms with Crippen LogP contribution in [-0.2, 0) is 4.79 Å². The fourth-order valence-electron chi connectivity index (χ4n) is 1.49. The molecule has 3 atom stereocenters. The van der Waals surface area contributed by atoms with Crippen LogP contribution in [0.1, 0.15) is 19.3 Å². The van der Waals surface area contributed by atoms with Crippen molar-refractivity contribution in [3.8, 4) is 0 Å². The van der Waals surface area contributed by atoms with Gasteiger partial charge in [0.2, 0.25) is 0 Å². The average molecular weight is 196 g/mol. The van der Waals surface area contributed by atoms with Gasteiger partial charge in [-0.3, -0.25) is 4.79 Å². The fraction of sp³-hybridized carbons (Fsp3) is 0.857. The minimum absolute atomic E-state index is 0. The van der Waals surface area contributed by atoms with Crippen LogP contribution in [0.2, 0.25) is 0 Å². The zero-order valence-electron chi connectivity index (χ0n) is 6.64. The number of carboxylic acids is 1. The predicted octanol–water partition coefficient (Wildman–Crippen LogP) is -0.0189. The molecule has 0 aromatic carbocycles. The Kier molecular flexibility index (Phi) is 4.52. The first-order valence-corrected chi connectivity index (χ1v) is 3.79. The molecule has 0 aromatic rings. The minimum Gasteiger partial charge on any atom is -0.481 e. The molecule has 4 N–H and O–H groups in total. The van der Waals surface area contributed by atoms with Crippen molar-refractivity contribution in [3.63, 3.8) is 0 Å². The van der Waals surface area contributed by atoms with Crippen molar-refractivity contribution in [1.82, 2.24) is 0 Å². The highest BCUT2D eigenvalue weighted by molar-refractivity contribution is 5.85. The van der Waals surface area contributed by atoms with E-state index in [2.05, 4.69) is 0 Å². The van der Waals surface area contributed by atoms with Gasteiger partial charge in [0.1, 0.15) is 0 Å². The number of aliphatic carboxylic acids is 1. The molecule has 72 valence electrons. The van der Waals surface area contributed by atoms with Gasteiger partial charge in [0.15, 0.2) is 0 Å². The Morgan fingerprint density at radius 1 is 1.42 bits per heavy atom. The predicted molar refractivity (Wildman–Crippen MR) is 46.2 cm³/mol. The number of aliphatic hydroxyl groups excluding tert-OH is 1. The van der Waals surface area contributed by atoms with Crippen LogP contribution in [0.25, 0.3) is 0 Å². The smallest absolute Gasteiger partial charge is 0.308 e. The van der Waals surface area contributed by atoms with Gasteiger partial charge in [0.25, 0.3) is 0 Å². The van der Waals surface area contributed by atoms with E-state index >= 15 is 0 Å². The van der Waals surface area contributed by atoms with E-state index < -0.39 is 24.0 Å². The molecule has 4 nitrogen and oxygen atoms in total. The highest BCUT2D eigenvalue weighted by atomic mass is 35.5. The topological polar surface area (TPSA) is 83.6 Å². The SMILES string of the molecule is Cl.N[C@@H]1[C@@H](C(=O)O)CCC[C@@H]1O. The van der Waals surface area contributed by atoms with Crippen LogP contribution in [0.4, 0.5) is 0 Å². The van der Waals surface area contributed by atoms with E-state index in [0.29, 0.717) is 12.8 Å². The fourth-order valence-corrected chi connectivity index (χ4v) is 1.49. The van der Waals surface area contributed by atoms with Crippen LogP contribution in [0.5, 0.6) is 0 Å². The van der Waals surface area contributed by atoms with Crippen molar-refractivity contribution in [2.45, 2.75) is 31.4 Å². The van der Waals surface area contributed by atoms with Crippen LogP contribution >= 0.6 is 12.4 Å². The summed E-state index contributed by atoms with van der Waals surface area (Å²) in [4.78, 5) is 10.5. The Labute approximate surface area is 77.2 Å². The number of aliphatic hydroxyl groups is 1. The standard InChI is InChI=1S/C7H13NO3.ClH/c8-6-4(7(10)11)2-1-3-5(6)9;/h4-6,9H,1-3,8H2,(H,10,11);1H/t4-,5-,6+;/m0./s1. The van der Waals surface area contributed by atoms with Gasteiger partial charge in [-0.1, -0.05) is 0 Å². The van der Waals surface area contributed by atoms with Gasteiger partial charge < -0.3 is 15.9 Å². The van der Waals surface area contributed by atoms with Gasteiger partial charge >= 0.3 is 5.97 Å². The third kappa shape index (κ3) is 2.33. The lowest BCUT2D eigenvalue weighted by atomic mass is 9.83. The zero-order valence-corrected chi connectivity index (χ0v) is 7.46. The Bertz CT molecular complexity index is 165. The van der Waals surface area contributed by atoms with Crippen LogP contribution in [0, 0.1) is 5.92 Å². The molecule has 0 amide bonds. The Morgan fingerprint density at radius 3 is 2.42 bits per heavy atom. The van der Waals surface area contributed by atoms with E-state index in [1.165, 1.54) is 0 Å². The molecule has 0 heterocycles. The molecule has 0 radical (unpaired) electrons. The molecule has 5 heteroatoms. The van der Waals surface area contributed by atoms with E-state index in [-0.39, 0.29) is 12.4 Å². The Morgan fingerprint density at radius 2 is 2.00 bits per heavy atom. The summed E-state index contributed by atoms with van der Waals surface area (Å²) in [6.07, 6.45) is 1.34. The van der Waals surface area contributed by atoms with Gasteiger partial charge in [-0.25, -0.2) is 0 Å². The summed E-state index contributed by atoms with van der Waals surface area (Å²) in [5.74, 6) is -1.45. The van der Waals surface area contributed by atoms with E-state index in [1.54, 1.807) is 0 Å². The quantitative estimate of drug-likeness (QED) is 0.549. The molecular formula is C7H14ClNO3. The molecule has 1 aliphatic rings. The average Bonchev–Trinajstić information content (AvgIpc) is 1.94. The van der Waals surface area contributed by atoms with E-state index in [0.717, 1.165) is 6.42 Å². The summed E-state index contributed by atoms with van der Waals surface area (Å²) in [5, 5.41) is 17.8. The third-order valence-corrected chi connectivity index (χ3v) is 2.24. The highest BCUT2D eigenvalue weighted by Crippen LogP contribution is 2.23. The van der Waals surface area contributed by atoms with Crippen LogP contribution < -0.4 is 5.73 Å². The van der Waals surface area contributed by atoms with Crippen molar-refractivity contribution in [2.75, 3.05) is 0 Å². The number of nitrogens with two attached hydrogens (primary N) is 1. The number of hydrogen-bond donors (Lipinski definition) is 3. The van der Waals surface area contributed by atoms with Gasteiger partial charge in [-0.2, -0.15) is 0 Å². The Hall–Kier alpha value is -0.320. The molecule has 12 heavy (non-hydrogen) atoms. The number of carboxylic acid groups (broad SMARTS) is 1. The van der Waals surface area contributed by atoms with E-state index in [4.69, 9.17) is 10.8 Å². The normalized spacial score (nSPS) is 35.3. The van der Waals surface area contributed by atoms with Gasteiger partial charge in [-0.05, 0) is 19.3 Å². The van der Waals surface area contributed by atoms with Crippen molar-refractivity contribution < 1.29 is 15.0 Å². The third-order valence-electron chi connectivity index (χ3n) is 2.24. The maximum Gasteiger partial charge on any atom is 0.308 e. The monoisotopic (exact) mass is 195 g/mol. The minimum atomic E-state index is -0.892. The Balaban J connectivity index is 0.00000121. The molecule has 1 rings (SSSR count). The van der Waals surface area contributed by atoms with Crippen molar-refractivity contribution in [2.24, 2.45) is 11.7 Å². The largest absolute Gasteiger partial charge is 0.481 e. The lowest BCUT2D eigenvalue weighted by molar-refractivity contribution is -0.145. The van der Waals surface area contributed by atoms with Crippen molar-refractivity contribution in [3.05, 3.63) is 0 Å². The summed E-state index contributed by atoms with van der Waals surface area (Å²) in [7, 11) is 0. The maximum absolute atomic E-state index is 10.5. The summed E-state index contributed by atoms with van der Waals surface area (Å²) in [6.45, 7) is 0. The van der Waals surface area contributed by atoms with Crippen LogP contribution in [-0.4, -0.2) is 28.3 Å². The number of hydrogen-bond acceptors (Lipinski definition) is 3. The molecule has 0 spiro atoms. The molecule has 0 unspecified atom stereocenters. The molecule has 0 bridgehead atoms. The van der Waals surface area contributed by atoms with Gasteiger partial charge in [0, 0.05) is 6.04 Å². The van der Waals surface area contributed by atoms with Crippen molar-refractivity contribution in [1.29, 1.82) is 0 Å². The molecule has 1 aliphatic carbocycles. The second kappa shape index (κ2) is 4.64. The summed E-state index contributed by atoms with van der Waals surface area (Å²) in [5.41, 5.74) is 5.49. The van der Waals surface area contributed by atoms with Crippen LogP contribution in [0.3, 0.4) is 0 Å². The first-order valence-electron chi connectivity index (χ1n) is 3.79. The summed E-state index contributed by atoms with van der Waals surface area (Å²) >= 11 is 0. The summed E-state index contributed by atoms with van der Waals surface area (Å²) < 4.78 is 0. The van der Waals surface area contributed by atoms with Crippen molar-refractivity contribution >= 4 is 18.4 Å². The van der Waals surface area contributed by atoms with Crippen LogP contribution in [0.15, 0.2) is 0 Å². The molecule has 0 aromatic heterocycles. The first kappa shape index (κ1) is 11.7. The summed E-state index contributed by atoms with van der Waals surface area (Å²) in [6, 6.07) is -0.582. The molecule has 0 aliphatic heterocycles. The lowest BCUT2D eigenvalue weighted by Gasteiger charge is -2.29.